The molecule has 0 aromatic carbocycles. The highest BCUT2D eigenvalue weighted by atomic mass is 35.5. The molecule has 1 aliphatic carbocycles. The van der Waals surface area contributed by atoms with Gasteiger partial charge in [-0.25, -0.2) is 0 Å². The van der Waals surface area contributed by atoms with Gasteiger partial charge in [0.15, 0.2) is 0 Å². The molecular formula is C12H17ClN2O3. The van der Waals surface area contributed by atoms with Crippen molar-refractivity contribution in [3.63, 3.8) is 0 Å². The summed E-state index contributed by atoms with van der Waals surface area (Å²) in [6.45, 7) is 0. The lowest BCUT2D eigenvalue weighted by Gasteiger charge is -2.33. The van der Waals surface area contributed by atoms with E-state index in [4.69, 9.17) is 21.1 Å². The molecule has 0 bridgehead atoms. The zero-order valence-corrected chi connectivity index (χ0v) is 11.3. The molecule has 0 amide bonds. The smallest absolute Gasteiger partial charge is 0.320 e. The SMILES string of the molecule is COc1nc(Cl)c(C2(O)CCCCC2)c(OC)n1. The molecule has 0 atom stereocenters. The zero-order valence-electron chi connectivity index (χ0n) is 10.6. The zero-order chi connectivity index (χ0) is 13.2. The van der Waals surface area contributed by atoms with E-state index in [9.17, 15) is 5.11 Å². The molecule has 1 heterocycles. The number of ether oxygens (including phenoxy) is 2. The molecule has 0 saturated heterocycles. The molecule has 1 fully saturated rings. The molecule has 6 heteroatoms. The van der Waals surface area contributed by atoms with E-state index in [0.717, 1.165) is 19.3 Å². The third kappa shape index (κ3) is 2.37. The maximum Gasteiger partial charge on any atom is 0.320 e. The van der Waals surface area contributed by atoms with Gasteiger partial charge in [0.25, 0.3) is 0 Å². The Morgan fingerprint density at radius 2 is 1.78 bits per heavy atom. The third-order valence-electron chi connectivity index (χ3n) is 3.33. The number of aromatic nitrogens is 2. The number of halogens is 1. The molecule has 0 aliphatic heterocycles. The molecule has 5 nitrogen and oxygen atoms in total. The van der Waals surface area contributed by atoms with Crippen LogP contribution in [-0.2, 0) is 5.60 Å². The molecule has 2 rings (SSSR count). The Morgan fingerprint density at radius 1 is 1.11 bits per heavy atom. The Morgan fingerprint density at radius 3 is 2.33 bits per heavy atom. The van der Waals surface area contributed by atoms with E-state index in [-0.39, 0.29) is 17.0 Å². The van der Waals surface area contributed by atoms with Crippen LogP contribution in [0.2, 0.25) is 5.15 Å². The first kappa shape index (κ1) is 13.4. The Bertz CT molecular complexity index is 434. The Labute approximate surface area is 111 Å². The molecule has 0 spiro atoms. The summed E-state index contributed by atoms with van der Waals surface area (Å²) in [5, 5.41) is 10.9. The van der Waals surface area contributed by atoms with Gasteiger partial charge in [-0.05, 0) is 12.8 Å². The fourth-order valence-electron chi connectivity index (χ4n) is 2.41. The number of hydrogen-bond acceptors (Lipinski definition) is 5. The molecule has 100 valence electrons. The van der Waals surface area contributed by atoms with E-state index < -0.39 is 5.60 Å². The number of hydrogen-bond donors (Lipinski definition) is 1. The van der Waals surface area contributed by atoms with Gasteiger partial charge < -0.3 is 14.6 Å². The summed E-state index contributed by atoms with van der Waals surface area (Å²) in [6, 6.07) is 0.139. The van der Waals surface area contributed by atoms with Crippen LogP contribution in [0.15, 0.2) is 0 Å². The van der Waals surface area contributed by atoms with Gasteiger partial charge in [-0.1, -0.05) is 30.9 Å². The van der Waals surface area contributed by atoms with Gasteiger partial charge in [-0.15, -0.1) is 0 Å². The van der Waals surface area contributed by atoms with Gasteiger partial charge in [-0.2, -0.15) is 9.97 Å². The minimum absolute atomic E-state index is 0.139. The van der Waals surface area contributed by atoms with Crippen molar-refractivity contribution in [2.45, 2.75) is 37.7 Å². The second kappa shape index (κ2) is 5.28. The molecule has 1 N–H and O–H groups in total. The fraction of sp³-hybridized carbons (Fsp3) is 0.667. The van der Waals surface area contributed by atoms with Crippen molar-refractivity contribution >= 4 is 11.6 Å². The van der Waals surface area contributed by atoms with Crippen LogP contribution in [0.25, 0.3) is 0 Å². The van der Waals surface area contributed by atoms with Gasteiger partial charge in [-0.3, -0.25) is 0 Å². The summed E-state index contributed by atoms with van der Waals surface area (Å²) in [6.07, 6.45) is 4.35. The van der Waals surface area contributed by atoms with Crippen molar-refractivity contribution in [2.24, 2.45) is 0 Å². The lowest BCUT2D eigenvalue weighted by molar-refractivity contribution is -0.00345. The molecule has 1 saturated carbocycles. The van der Waals surface area contributed by atoms with Gasteiger partial charge in [0.1, 0.15) is 5.15 Å². The van der Waals surface area contributed by atoms with E-state index in [0.29, 0.717) is 18.4 Å². The molecule has 18 heavy (non-hydrogen) atoms. The van der Waals surface area contributed by atoms with Gasteiger partial charge in [0, 0.05) is 0 Å². The van der Waals surface area contributed by atoms with Gasteiger partial charge in [0.05, 0.1) is 25.4 Å². The molecule has 1 aromatic rings. The van der Waals surface area contributed by atoms with E-state index in [1.54, 1.807) is 0 Å². The van der Waals surface area contributed by atoms with Gasteiger partial charge >= 0.3 is 6.01 Å². The largest absolute Gasteiger partial charge is 0.481 e. The topological polar surface area (TPSA) is 64.5 Å². The van der Waals surface area contributed by atoms with Crippen molar-refractivity contribution in [3.05, 3.63) is 10.7 Å². The van der Waals surface area contributed by atoms with Crippen LogP contribution in [-0.4, -0.2) is 29.3 Å². The van der Waals surface area contributed by atoms with Crippen LogP contribution in [0.4, 0.5) is 0 Å². The van der Waals surface area contributed by atoms with Crippen LogP contribution < -0.4 is 9.47 Å². The van der Waals surface area contributed by atoms with E-state index >= 15 is 0 Å². The van der Waals surface area contributed by atoms with E-state index in [1.165, 1.54) is 14.2 Å². The quantitative estimate of drug-likeness (QED) is 0.856. The Kier molecular flexibility index (Phi) is 3.92. The van der Waals surface area contributed by atoms with Gasteiger partial charge in [0.2, 0.25) is 5.88 Å². The highest BCUT2D eigenvalue weighted by Gasteiger charge is 2.37. The van der Waals surface area contributed by atoms with E-state index in [2.05, 4.69) is 9.97 Å². The monoisotopic (exact) mass is 272 g/mol. The number of rotatable bonds is 3. The Hall–Kier alpha value is -1.07. The van der Waals surface area contributed by atoms with Crippen molar-refractivity contribution in [3.8, 4) is 11.9 Å². The molecule has 0 unspecified atom stereocenters. The van der Waals surface area contributed by atoms with Crippen LogP contribution in [0, 0.1) is 0 Å². The molecule has 1 aromatic heterocycles. The maximum absolute atomic E-state index is 10.7. The highest BCUT2D eigenvalue weighted by Crippen LogP contribution is 2.43. The third-order valence-corrected chi connectivity index (χ3v) is 3.61. The average molecular weight is 273 g/mol. The first-order chi connectivity index (χ1) is 8.60. The molecular weight excluding hydrogens is 256 g/mol. The van der Waals surface area contributed by atoms with Crippen molar-refractivity contribution in [1.29, 1.82) is 0 Å². The highest BCUT2D eigenvalue weighted by molar-refractivity contribution is 6.30. The summed E-state index contributed by atoms with van der Waals surface area (Å²) >= 11 is 6.14. The first-order valence-electron chi connectivity index (χ1n) is 5.99. The molecule has 1 aliphatic rings. The number of aliphatic hydroxyl groups is 1. The average Bonchev–Trinajstić information content (AvgIpc) is 2.38. The fourth-order valence-corrected chi connectivity index (χ4v) is 2.74. The predicted octanol–water partition coefficient (Wildman–Crippen LogP) is 2.30. The lowest BCUT2D eigenvalue weighted by Crippen LogP contribution is -2.30. The Balaban J connectivity index is 2.48. The number of methoxy groups -OCH3 is 2. The minimum atomic E-state index is -0.993. The second-order valence-electron chi connectivity index (χ2n) is 4.48. The first-order valence-corrected chi connectivity index (χ1v) is 6.37. The summed E-state index contributed by atoms with van der Waals surface area (Å²) in [7, 11) is 2.95. The normalized spacial score (nSPS) is 18.4. The second-order valence-corrected chi connectivity index (χ2v) is 4.84. The van der Waals surface area contributed by atoms with Crippen LogP contribution in [0.1, 0.15) is 37.7 Å². The lowest BCUT2D eigenvalue weighted by atomic mass is 9.80. The van der Waals surface area contributed by atoms with Crippen molar-refractivity contribution < 1.29 is 14.6 Å². The summed E-state index contributed by atoms with van der Waals surface area (Å²) in [5.41, 5.74) is -0.514. The maximum atomic E-state index is 10.7. The number of nitrogens with zero attached hydrogens (tertiary/aromatic N) is 2. The van der Waals surface area contributed by atoms with E-state index in [1.807, 2.05) is 0 Å². The van der Waals surface area contributed by atoms with Crippen LogP contribution in [0.3, 0.4) is 0 Å². The summed E-state index contributed by atoms with van der Waals surface area (Å²) < 4.78 is 10.2. The summed E-state index contributed by atoms with van der Waals surface area (Å²) in [4.78, 5) is 8.10. The van der Waals surface area contributed by atoms with Crippen molar-refractivity contribution in [1.82, 2.24) is 9.97 Å². The van der Waals surface area contributed by atoms with Crippen LogP contribution in [0.5, 0.6) is 11.9 Å². The summed E-state index contributed by atoms with van der Waals surface area (Å²) in [5.74, 6) is 0.288. The van der Waals surface area contributed by atoms with Crippen molar-refractivity contribution in [2.75, 3.05) is 14.2 Å². The predicted molar refractivity (Wildman–Crippen MR) is 67.1 cm³/mol. The standard InChI is InChI=1S/C12H17ClN2O3/c1-17-10-8(9(13)14-11(15-10)18-2)12(16)6-4-3-5-7-12/h16H,3-7H2,1-2H3. The minimum Gasteiger partial charge on any atom is -0.481 e. The molecule has 0 radical (unpaired) electrons. The van der Waals surface area contributed by atoms with Crippen LogP contribution >= 0.6 is 11.6 Å².